The van der Waals surface area contributed by atoms with Gasteiger partial charge in [0.2, 0.25) is 0 Å². The monoisotopic (exact) mass is 289 g/mol. The zero-order valence-corrected chi connectivity index (χ0v) is 14.1. The average molecular weight is 289 g/mol. The first-order valence-corrected chi connectivity index (χ1v) is 8.64. The van der Waals surface area contributed by atoms with Gasteiger partial charge in [0.1, 0.15) is 5.60 Å². The van der Waals surface area contributed by atoms with Crippen LogP contribution in [0.2, 0.25) is 0 Å². The zero-order valence-electron chi connectivity index (χ0n) is 14.1. The number of fused-ring (bicyclic) bond motifs is 1. The molecule has 0 bridgehead atoms. The van der Waals surface area contributed by atoms with Gasteiger partial charge in [0.15, 0.2) is 0 Å². The molecule has 1 aromatic carbocycles. The van der Waals surface area contributed by atoms with E-state index in [1.807, 2.05) is 0 Å². The van der Waals surface area contributed by atoms with Crippen LogP contribution in [0.5, 0.6) is 0 Å². The van der Waals surface area contributed by atoms with Crippen LogP contribution < -0.4 is 0 Å². The molecule has 21 heavy (non-hydrogen) atoms. The number of aliphatic hydroxyl groups is 1. The van der Waals surface area contributed by atoms with Crippen molar-refractivity contribution >= 4 is 0 Å². The highest BCUT2D eigenvalue weighted by molar-refractivity contribution is 5.37. The summed E-state index contributed by atoms with van der Waals surface area (Å²) < 4.78 is 0. The Morgan fingerprint density at radius 2 is 1.90 bits per heavy atom. The van der Waals surface area contributed by atoms with Crippen LogP contribution in [0.1, 0.15) is 70.4 Å². The van der Waals surface area contributed by atoms with Crippen molar-refractivity contribution in [3.8, 4) is 0 Å². The minimum absolute atomic E-state index is 0.207. The third kappa shape index (κ3) is 3.02. The minimum atomic E-state index is -0.706. The fourth-order valence-corrected chi connectivity index (χ4v) is 4.20. The van der Waals surface area contributed by atoms with Gasteiger partial charge in [-0.05, 0) is 55.8 Å². The van der Waals surface area contributed by atoms with Crippen molar-refractivity contribution in [3.05, 3.63) is 35.4 Å². The standard InChI is InChI=1S/C19H31NO/c1-5-18(20(6-2)7-3)19(21)14-10-11-15(4)16-12-8-9-13-17(16)19/h8-9,12-13,15,18,21H,5-7,10-11,14H2,1-4H3. The second-order valence-corrected chi connectivity index (χ2v) is 6.45. The number of likely N-dealkylation sites (N-methyl/N-ethyl adjacent to an activating group) is 1. The molecule has 0 heterocycles. The molecule has 0 radical (unpaired) electrons. The van der Waals surface area contributed by atoms with Crippen LogP contribution in [0.3, 0.4) is 0 Å². The summed E-state index contributed by atoms with van der Waals surface area (Å²) in [6.07, 6.45) is 4.14. The van der Waals surface area contributed by atoms with E-state index in [0.29, 0.717) is 5.92 Å². The summed E-state index contributed by atoms with van der Waals surface area (Å²) in [5.41, 5.74) is 1.82. The predicted molar refractivity (Wildman–Crippen MR) is 89.6 cm³/mol. The van der Waals surface area contributed by atoms with E-state index in [1.54, 1.807) is 0 Å². The van der Waals surface area contributed by atoms with Crippen LogP contribution >= 0.6 is 0 Å². The maximum Gasteiger partial charge on any atom is 0.105 e. The van der Waals surface area contributed by atoms with Gasteiger partial charge in [-0.2, -0.15) is 0 Å². The first kappa shape index (κ1) is 16.5. The molecule has 1 N–H and O–H groups in total. The number of nitrogens with zero attached hydrogens (tertiary/aromatic N) is 1. The lowest BCUT2D eigenvalue weighted by Crippen LogP contribution is -2.50. The highest BCUT2D eigenvalue weighted by Crippen LogP contribution is 2.43. The fraction of sp³-hybridized carbons (Fsp3) is 0.684. The Balaban J connectivity index is 2.50. The summed E-state index contributed by atoms with van der Waals surface area (Å²) in [4.78, 5) is 2.42. The van der Waals surface area contributed by atoms with Crippen LogP contribution in [0.25, 0.3) is 0 Å². The van der Waals surface area contributed by atoms with Gasteiger partial charge in [0.05, 0.1) is 0 Å². The second kappa shape index (κ2) is 6.93. The molecule has 2 nitrogen and oxygen atoms in total. The molecule has 1 aliphatic carbocycles. The molecule has 0 fully saturated rings. The SMILES string of the molecule is CCC(N(CC)CC)C1(O)CCCC(C)c2ccccc21. The molecule has 0 spiro atoms. The smallest absolute Gasteiger partial charge is 0.105 e. The molecule has 1 aliphatic rings. The van der Waals surface area contributed by atoms with Crippen molar-refractivity contribution in [3.63, 3.8) is 0 Å². The van der Waals surface area contributed by atoms with Gasteiger partial charge < -0.3 is 5.11 Å². The molecule has 0 saturated heterocycles. The maximum absolute atomic E-state index is 11.7. The second-order valence-electron chi connectivity index (χ2n) is 6.45. The fourth-order valence-electron chi connectivity index (χ4n) is 4.20. The third-order valence-electron chi connectivity index (χ3n) is 5.34. The number of hydrogen-bond acceptors (Lipinski definition) is 2. The highest BCUT2D eigenvalue weighted by atomic mass is 16.3. The summed E-state index contributed by atoms with van der Waals surface area (Å²) in [5.74, 6) is 0.546. The lowest BCUT2D eigenvalue weighted by atomic mass is 9.79. The Morgan fingerprint density at radius 3 is 2.52 bits per heavy atom. The summed E-state index contributed by atoms with van der Waals surface area (Å²) in [6.45, 7) is 10.9. The van der Waals surface area contributed by atoms with Crippen LogP contribution in [0.4, 0.5) is 0 Å². The van der Waals surface area contributed by atoms with E-state index in [0.717, 1.165) is 32.4 Å². The Labute approximate surface area is 130 Å². The maximum atomic E-state index is 11.7. The lowest BCUT2D eigenvalue weighted by Gasteiger charge is -2.43. The lowest BCUT2D eigenvalue weighted by molar-refractivity contribution is -0.0593. The molecule has 1 aromatic rings. The van der Waals surface area contributed by atoms with Crippen LogP contribution in [-0.2, 0) is 5.60 Å². The van der Waals surface area contributed by atoms with E-state index in [2.05, 4.69) is 56.9 Å². The van der Waals surface area contributed by atoms with Crippen LogP contribution in [0.15, 0.2) is 24.3 Å². The van der Waals surface area contributed by atoms with Crippen molar-refractivity contribution < 1.29 is 5.11 Å². The molecule has 0 amide bonds. The van der Waals surface area contributed by atoms with E-state index < -0.39 is 5.60 Å². The van der Waals surface area contributed by atoms with E-state index in [4.69, 9.17) is 0 Å². The van der Waals surface area contributed by atoms with E-state index >= 15 is 0 Å². The largest absolute Gasteiger partial charge is 0.384 e. The normalized spacial score (nSPS) is 27.2. The Bertz CT molecular complexity index is 455. The Kier molecular flexibility index (Phi) is 5.45. The van der Waals surface area contributed by atoms with Crippen molar-refractivity contribution in [2.45, 2.75) is 70.9 Å². The first-order valence-electron chi connectivity index (χ1n) is 8.64. The molecule has 2 rings (SSSR count). The van der Waals surface area contributed by atoms with Crippen molar-refractivity contribution in [2.75, 3.05) is 13.1 Å². The van der Waals surface area contributed by atoms with E-state index in [-0.39, 0.29) is 6.04 Å². The van der Waals surface area contributed by atoms with Gasteiger partial charge in [-0.15, -0.1) is 0 Å². The average Bonchev–Trinajstić information content (AvgIpc) is 2.63. The van der Waals surface area contributed by atoms with Gasteiger partial charge in [0, 0.05) is 6.04 Å². The number of hydrogen-bond donors (Lipinski definition) is 1. The van der Waals surface area contributed by atoms with Crippen LogP contribution in [0, 0.1) is 0 Å². The Morgan fingerprint density at radius 1 is 1.24 bits per heavy atom. The van der Waals surface area contributed by atoms with Gasteiger partial charge in [-0.1, -0.05) is 52.0 Å². The molecular formula is C19H31NO. The summed E-state index contributed by atoms with van der Waals surface area (Å²) in [7, 11) is 0. The number of benzene rings is 1. The van der Waals surface area contributed by atoms with Crippen molar-refractivity contribution in [1.29, 1.82) is 0 Å². The zero-order chi connectivity index (χ0) is 15.5. The topological polar surface area (TPSA) is 23.5 Å². The third-order valence-corrected chi connectivity index (χ3v) is 5.34. The Hall–Kier alpha value is -0.860. The summed E-state index contributed by atoms with van der Waals surface area (Å²) in [6, 6.07) is 8.77. The first-order chi connectivity index (χ1) is 10.1. The predicted octanol–water partition coefficient (Wildman–Crippen LogP) is 4.28. The molecule has 0 aromatic heterocycles. The molecule has 2 heteroatoms. The molecule has 0 saturated carbocycles. The van der Waals surface area contributed by atoms with Gasteiger partial charge in [-0.3, -0.25) is 4.90 Å². The molecule has 3 unspecified atom stereocenters. The van der Waals surface area contributed by atoms with Gasteiger partial charge >= 0.3 is 0 Å². The van der Waals surface area contributed by atoms with Crippen molar-refractivity contribution in [1.82, 2.24) is 4.90 Å². The molecule has 0 aliphatic heterocycles. The van der Waals surface area contributed by atoms with E-state index in [9.17, 15) is 5.11 Å². The quantitative estimate of drug-likeness (QED) is 0.818. The van der Waals surface area contributed by atoms with Gasteiger partial charge in [0.25, 0.3) is 0 Å². The van der Waals surface area contributed by atoms with Gasteiger partial charge in [-0.25, -0.2) is 0 Å². The van der Waals surface area contributed by atoms with Crippen molar-refractivity contribution in [2.24, 2.45) is 0 Å². The van der Waals surface area contributed by atoms with E-state index in [1.165, 1.54) is 17.5 Å². The van der Waals surface area contributed by atoms with Crippen LogP contribution in [-0.4, -0.2) is 29.1 Å². The molecule has 118 valence electrons. The molecule has 3 atom stereocenters. The number of rotatable bonds is 5. The highest BCUT2D eigenvalue weighted by Gasteiger charge is 2.42. The summed E-state index contributed by atoms with van der Waals surface area (Å²) >= 11 is 0. The molecular weight excluding hydrogens is 258 g/mol. The minimum Gasteiger partial charge on any atom is -0.384 e. The summed E-state index contributed by atoms with van der Waals surface area (Å²) in [5, 5.41) is 11.7.